The lowest BCUT2D eigenvalue weighted by Gasteiger charge is -2.13. The van der Waals surface area contributed by atoms with Gasteiger partial charge >= 0.3 is 5.97 Å². The summed E-state index contributed by atoms with van der Waals surface area (Å²) in [6.45, 7) is 14.5. The van der Waals surface area contributed by atoms with Crippen LogP contribution >= 0.6 is 0 Å². The summed E-state index contributed by atoms with van der Waals surface area (Å²) in [6, 6.07) is 0. The number of carbonyl (C=O) groups excluding carboxylic acids is 1. The maximum atomic E-state index is 12.0. The molecule has 0 fully saturated rings. The van der Waals surface area contributed by atoms with Crippen molar-refractivity contribution >= 4 is 11.9 Å². The van der Waals surface area contributed by atoms with Crippen LogP contribution in [0.1, 0.15) is 56.4 Å². The number of aromatic nitrogens is 2. The van der Waals surface area contributed by atoms with Crippen LogP contribution in [0.3, 0.4) is 0 Å². The van der Waals surface area contributed by atoms with E-state index >= 15 is 0 Å². The summed E-state index contributed by atoms with van der Waals surface area (Å²) in [4.78, 5) is 20.9. The van der Waals surface area contributed by atoms with Crippen molar-refractivity contribution in [3.63, 3.8) is 0 Å². The molecule has 5 nitrogen and oxygen atoms in total. The quantitative estimate of drug-likeness (QED) is 0.510. The molecule has 1 aromatic rings. The van der Waals surface area contributed by atoms with Gasteiger partial charge in [-0.05, 0) is 65.2 Å². The van der Waals surface area contributed by atoms with Crippen molar-refractivity contribution in [3.8, 4) is 0 Å². The molecule has 27 heavy (non-hydrogen) atoms. The number of carbonyl (C=O) groups is 1. The van der Waals surface area contributed by atoms with Crippen molar-refractivity contribution in [3.05, 3.63) is 64.1 Å². The van der Waals surface area contributed by atoms with Gasteiger partial charge in [0.2, 0.25) is 5.95 Å². The number of hydrogen-bond acceptors (Lipinski definition) is 5. The zero-order chi connectivity index (χ0) is 20.4. The third kappa shape index (κ3) is 6.51. The number of allylic oxidation sites excluding steroid dienone is 6. The molecule has 0 spiro atoms. The molecule has 0 saturated heterocycles. The van der Waals surface area contributed by atoms with Gasteiger partial charge in [-0.25, -0.2) is 14.8 Å². The highest BCUT2D eigenvalue weighted by Gasteiger charge is 2.17. The molecule has 0 aliphatic rings. The second-order valence-corrected chi connectivity index (χ2v) is 6.19. The predicted molar refractivity (Wildman–Crippen MR) is 112 cm³/mol. The largest absolute Gasteiger partial charge is 0.462 e. The van der Waals surface area contributed by atoms with E-state index < -0.39 is 0 Å². The smallest absolute Gasteiger partial charge is 0.341 e. The van der Waals surface area contributed by atoms with E-state index in [4.69, 9.17) is 4.74 Å². The first-order valence-corrected chi connectivity index (χ1v) is 9.24. The molecule has 0 aliphatic carbocycles. The van der Waals surface area contributed by atoms with E-state index in [1.165, 1.54) is 11.1 Å². The second kappa shape index (κ2) is 11.1. The van der Waals surface area contributed by atoms with Crippen LogP contribution in [0.5, 0.6) is 0 Å². The van der Waals surface area contributed by atoms with E-state index in [-0.39, 0.29) is 5.97 Å². The first-order valence-electron chi connectivity index (χ1n) is 9.24. The fourth-order valence-electron chi connectivity index (χ4n) is 2.60. The van der Waals surface area contributed by atoms with Crippen LogP contribution in [-0.4, -0.2) is 29.1 Å². The van der Waals surface area contributed by atoms with Crippen LogP contribution in [-0.2, 0) is 4.74 Å². The summed E-state index contributed by atoms with van der Waals surface area (Å²) in [5.74, 6) is 0.122. The Labute approximate surface area is 163 Å². The molecule has 1 aromatic heterocycles. The number of nitrogens with one attached hydrogen (secondary N) is 1. The predicted octanol–water partition coefficient (Wildman–Crippen LogP) is 5.10. The molecule has 0 aliphatic heterocycles. The number of rotatable bonds is 8. The van der Waals surface area contributed by atoms with Crippen LogP contribution in [0.25, 0.3) is 0 Å². The molecule has 0 aromatic carbocycles. The Hall–Kier alpha value is -2.69. The van der Waals surface area contributed by atoms with Gasteiger partial charge in [-0.3, -0.25) is 0 Å². The minimum Gasteiger partial charge on any atom is -0.462 e. The summed E-state index contributed by atoms with van der Waals surface area (Å²) in [6.07, 6.45) is 10.2. The Bertz CT molecular complexity index is 764. The standard InChI is InChI=1S/C22H31N3O2/c1-8-11-13-15(4)16(5)19(12-9-2)14-23-22-24-17(6)20(18(7)25-22)21(26)27-10-3/h8-9,11-13H,10,14H2,1-7H3,(H,23,24,25). The minimum absolute atomic E-state index is 0.328. The Morgan fingerprint density at radius 1 is 1.11 bits per heavy atom. The molecule has 0 radical (unpaired) electrons. The molecular weight excluding hydrogens is 338 g/mol. The van der Waals surface area contributed by atoms with E-state index in [1.807, 2.05) is 32.1 Å². The average molecular weight is 370 g/mol. The molecule has 0 bridgehead atoms. The van der Waals surface area contributed by atoms with Crippen LogP contribution in [0.2, 0.25) is 0 Å². The summed E-state index contributed by atoms with van der Waals surface area (Å²) < 4.78 is 5.08. The Kier molecular flexibility index (Phi) is 9.20. The number of esters is 1. The first-order chi connectivity index (χ1) is 12.8. The van der Waals surface area contributed by atoms with Crippen molar-refractivity contribution in [2.75, 3.05) is 18.5 Å². The van der Waals surface area contributed by atoms with E-state index in [0.717, 1.165) is 5.57 Å². The lowest BCUT2D eigenvalue weighted by Crippen LogP contribution is -2.15. The summed E-state index contributed by atoms with van der Waals surface area (Å²) in [5, 5.41) is 3.27. The zero-order valence-corrected chi connectivity index (χ0v) is 17.5. The van der Waals surface area contributed by atoms with Crippen LogP contribution < -0.4 is 5.32 Å². The lowest BCUT2D eigenvalue weighted by molar-refractivity contribution is 0.0523. The molecule has 0 unspecified atom stereocenters. The lowest BCUT2D eigenvalue weighted by atomic mass is 10.0. The molecule has 0 atom stereocenters. The van der Waals surface area contributed by atoms with Crippen LogP contribution in [0, 0.1) is 13.8 Å². The maximum absolute atomic E-state index is 12.0. The molecule has 1 rings (SSSR count). The average Bonchev–Trinajstić information content (AvgIpc) is 2.62. The maximum Gasteiger partial charge on any atom is 0.341 e. The highest BCUT2D eigenvalue weighted by atomic mass is 16.5. The summed E-state index contributed by atoms with van der Waals surface area (Å²) in [7, 11) is 0. The fourth-order valence-corrected chi connectivity index (χ4v) is 2.60. The first kappa shape index (κ1) is 22.4. The van der Waals surface area contributed by atoms with E-state index in [9.17, 15) is 4.79 Å². The fraction of sp³-hybridized carbons (Fsp3) is 0.409. The number of nitrogens with zero attached hydrogens (tertiary/aromatic N) is 2. The number of anilines is 1. The highest BCUT2D eigenvalue weighted by molar-refractivity contribution is 5.91. The van der Waals surface area contributed by atoms with Gasteiger partial charge < -0.3 is 10.1 Å². The number of aryl methyl sites for hydroxylation is 2. The Balaban J connectivity index is 3.08. The molecule has 0 saturated carbocycles. The van der Waals surface area contributed by atoms with Crippen molar-refractivity contribution < 1.29 is 9.53 Å². The SMILES string of the molecule is CC=CC=C(C)C(C)=C(C=CC)CNc1nc(C)c(C(=O)OCC)c(C)n1. The zero-order valence-electron chi connectivity index (χ0n) is 17.5. The topological polar surface area (TPSA) is 64.1 Å². The van der Waals surface area contributed by atoms with Gasteiger partial charge in [-0.1, -0.05) is 30.4 Å². The van der Waals surface area contributed by atoms with Gasteiger partial charge in [0.25, 0.3) is 0 Å². The molecular formula is C22H31N3O2. The highest BCUT2D eigenvalue weighted by Crippen LogP contribution is 2.18. The molecule has 5 heteroatoms. The minimum atomic E-state index is -0.380. The number of ether oxygens (including phenoxy) is 1. The molecule has 0 amide bonds. The van der Waals surface area contributed by atoms with Crippen molar-refractivity contribution in [2.45, 2.75) is 48.5 Å². The van der Waals surface area contributed by atoms with Crippen molar-refractivity contribution in [1.82, 2.24) is 9.97 Å². The Morgan fingerprint density at radius 2 is 1.74 bits per heavy atom. The monoisotopic (exact) mass is 369 g/mol. The summed E-state index contributed by atoms with van der Waals surface area (Å²) in [5.41, 5.74) is 5.23. The normalized spacial score (nSPS) is 13.2. The van der Waals surface area contributed by atoms with Gasteiger partial charge in [0.05, 0.1) is 18.0 Å². The molecule has 146 valence electrons. The van der Waals surface area contributed by atoms with Gasteiger partial charge in [0.15, 0.2) is 0 Å². The second-order valence-electron chi connectivity index (χ2n) is 6.19. The summed E-state index contributed by atoms with van der Waals surface area (Å²) >= 11 is 0. The third-order valence-electron chi connectivity index (χ3n) is 4.17. The van der Waals surface area contributed by atoms with E-state index in [1.54, 1.807) is 20.8 Å². The van der Waals surface area contributed by atoms with Gasteiger partial charge in [0.1, 0.15) is 5.56 Å². The Morgan fingerprint density at radius 3 is 2.26 bits per heavy atom. The molecule has 1 heterocycles. The molecule has 1 N–H and O–H groups in total. The van der Waals surface area contributed by atoms with Crippen LogP contribution in [0.4, 0.5) is 5.95 Å². The third-order valence-corrected chi connectivity index (χ3v) is 4.17. The van der Waals surface area contributed by atoms with Gasteiger partial charge in [-0.2, -0.15) is 0 Å². The van der Waals surface area contributed by atoms with Gasteiger partial charge in [-0.15, -0.1) is 0 Å². The number of hydrogen-bond donors (Lipinski definition) is 1. The van der Waals surface area contributed by atoms with E-state index in [2.05, 4.69) is 41.3 Å². The van der Waals surface area contributed by atoms with Crippen molar-refractivity contribution in [2.24, 2.45) is 0 Å². The van der Waals surface area contributed by atoms with Crippen LogP contribution in [0.15, 0.2) is 47.1 Å². The van der Waals surface area contributed by atoms with Crippen molar-refractivity contribution in [1.29, 1.82) is 0 Å². The van der Waals surface area contributed by atoms with E-state index in [0.29, 0.717) is 36.1 Å². The van der Waals surface area contributed by atoms with Gasteiger partial charge in [0, 0.05) is 6.54 Å².